The normalized spacial score (nSPS) is 10.9. The van der Waals surface area contributed by atoms with Crippen LogP contribution in [0.4, 0.5) is 0 Å². The number of carbonyl (C=O) groups excluding carboxylic acids is 3. The molecule has 0 radical (unpaired) electrons. The average molecular weight is 235 g/mol. The largest absolute Gasteiger partial charge is 0.550 e. The van der Waals surface area contributed by atoms with Crippen LogP contribution in [-0.2, 0) is 14.4 Å². The molecule has 0 unspecified atom stereocenters. The Morgan fingerprint density at radius 1 is 1.25 bits per heavy atom. The number of allylic oxidation sites excluding steroid dienone is 1. The van der Waals surface area contributed by atoms with Crippen LogP contribution in [-0.4, -0.2) is 17.7 Å². The molecule has 0 atom stereocenters. The van der Waals surface area contributed by atoms with Crippen LogP contribution in [0, 0.1) is 0 Å². The molecule has 0 saturated heterocycles. The van der Waals surface area contributed by atoms with Gasteiger partial charge in [0, 0.05) is 10.5 Å². The zero-order valence-electron chi connectivity index (χ0n) is 5.70. The molecule has 0 saturated carbocycles. The van der Waals surface area contributed by atoms with Gasteiger partial charge in [-0.15, -0.1) is 0 Å². The van der Waals surface area contributed by atoms with Crippen molar-refractivity contribution in [3.05, 3.63) is 10.6 Å². The van der Waals surface area contributed by atoms with Crippen molar-refractivity contribution in [1.82, 2.24) is 0 Å². The van der Waals surface area contributed by atoms with Crippen LogP contribution in [0.3, 0.4) is 0 Å². The summed E-state index contributed by atoms with van der Waals surface area (Å²) in [6, 6.07) is 0. The molecule has 5 nitrogen and oxygen atoms in total. The molecule has 0 aliphatic carbocycles. The minimum absolute atomic E-state index is 0.492. The summed E-state index contributed by atoms with van der Waals surface area (Å²) in [4.78, 5) is 30.4. The van der Waals surface area contributed by atoms with Gasteiger partial charge >= 0.3 is 0 Å². The van der Waals surface area contributed by atoms with E-state index in [4.69, 9.17) is 0 Å². The Morgan fingerprint density at radius 2 is 1.75 bits per heavy atom. The fourth-order valence-corrected chi connectivity index (χ4v) is 0.649. The van der Waals surface area contributed by atoms with E-state index in [0.29, 0.717) is 6.08 Å². The van der Waals surface area contributed by atoms with Crippen LogP contribution in [0.2, 0.25) is 0 Å². The van der Waals surface area contributed by atoms with Crippen LogP contribution in [0.25, 0.3) is 0 Å². The second-order valence-corrected chi connectivity index (χ2v) is 2.65. The first kappa shape index (κ1) is 10.8. The molecule has 0 heterocycles. The number of rotatable bonds is 4. The van der Waals surface area contributed by atoms with E-state index in [0.717, 1.165) is 0 Å². The maximum absolute atomic E-state index is 10.6. The van der Waals surface area contributed by atoms with E-state index in [1.54, 1.807) is 0 Å². The second kappa shape index (κ2) is 4.66. The number of aliphatic carboxylic acids is 2. The third kappa shape index (κ3) is 4.62. The summed E-state index contributed by atoms with van der Waals surface area (Å²) in [5.41, 5.74) is 0. The lowest BCUT2D eigenvalue weighted by molar-refractivity contribution is -0.304. The van der Waals surface area contributed by atoms with E-state index in [1.807, 2.05) is 0 Å². The molecule has 0 aliphatic rings. The smallest absolute Gasteiger partial charge is 0.162 e. The summed E-state index contributed by atoms with van der Waals surface area (Å²) >= 11 is 2.50. The lowest BCUT2D eigenvalue weighted by Crippen LogP contribution is -2.26. The molecule has 0 amide bonds. The highest BCUT2D eigenvalue weighted by Crippen LogP contribution is 2.03. The highest BCUT2D eigenvalue weighted by molar-refractivity contribution is 9.12. The Hall–Kier alpha value is -1.17. The SMILES string of the molecule is O=C([O-])CC(=O)/C=C(/Br)C(=O)[O-]. The van der Waals surface area contributed by atoms with Gasteiger partial charge in [-0.3, -0.25) is 4.79 Å². The summed E-state index contributed by atoms with van der Waals surface area (Å²) in [7, 11) is 0. The van der Waals surface area contributed by atoms with Gasteiger partial charge in [0.05, 0.1) is 12.4 Å². The van der Waals surface area contributed by atoms with Crippen molar-refractivity contribution < 1.29 is 24.6 Å². The third-order valence-electron chi connectivity index (χ3n) is 0.801. The molecular formula is C6H3BrO5-2. The summed E-state index contributed by atoms with van der Waals surface area (Å²) < 4.78 is -0.492. The van der Waals surface area contributed by atoms with E-state index in [-0.39, 0.29) is 0 Å². The Balaban J connectivity index is 4.24. The Bertz CT molecular complexity index is 255. The van der Waals surface area contributed by atoms with Crippen molar-refractivity contribution in [2.24, 2.45) is 0 Å². The van der Waals surface area contributed by atoms with Crippen LogP contribution in [0.15, 0.2) is 10.6 Å². The van der Waals surface area contributed by atoms with E-state index in [9.17, 15) is 24.6 Å². The highest BCUT2D eigenvalue weighted by atomic mass is 79.9. The van der Waals surface area contributed by atoms with Crippen LogP contribution < -0.4 is 10.2 Å². The van der Waals surface area contributed by atoms with Crippen LogP contribution in [0.1, 0.15) is 6.42 Å². The predicted octanol–water partition coefficient (Wildman–Crippen LogP) is -2.28. The van der Waals surface area contributed by atoms with Gasteiger partial charge < -0.3 is 19.8 Å². The van der Waals surface area contributed by atoms with Crippen molar-refractivity contribution in [3.63, 3.8) is 0 Å². The molecule has 12 heavy (non-hydrogen) atoms. The van der Waals surface area contributed by atoms with Crippen molar-refractivity contribution in [2.45, 2.75) is 6.42 Å². The first-order valence-corrected chi connectivity index (χ1v) is 3.54. The minimum atomic E-state index is -1.58. The molecule has 0 aromatic heterocycles. The number of ketones is 1. The molecular weight excluding hydrogens is 232 g/mol. The second-order valence-electron chi connectivity index (χ2n) is 1.79. The summed E-state index contributed by atoms with van der Waals surface area (Å²) in [5.74, 6) is -4.01. The fraction of sp³-hybridized carbons (Fsp3) is 0.167. The predicted molar refractivity (Wildman–Crippen MR) is 36.6 cm³/mol. The fourth-order valence-electron chi connectivity index (χ4n) is 0.394. The average Bonchev–Trinajstić information content (AvgIpc) is 1.84. The molecule has 0 N–H and O–H groups in total. The zero-order chi connectivity index (χ0) is 9.72. The van der Waals surface area contributed by atoms with Crippen molar-refractivity contribution in [1.29, 1.82) is 0 Å². The molecule has 0 bridgehead atoms. The number of carboxylic acid groups (broad SMARTS) is 2. The minimum Gasteiger partial charge on any atom is -0.550 e. The lowest BCUT2D eigenvalue weighted by atomic mass is 10.2. The molecule has 66 valence electrons. The zero-order valence-corrected chi connectivity index (χ0v) is 7.29. The van der Waals surface area contributed by atoms with E-state index in [2.05, 4.69) is 15.9 Å². The van der Waals surface area contributed by atoms with Crippen molar-refractivity contribution in [2.75, 3.05) is 0 Å². The van der Waals surface area contributed by atoms with E-state index < -0.39 is 28.6 Å². The highest BCUT2D eigenvalue weighted by Gasteiger charge is 2.00. The third-order valence-corrected chi connectivity index (χ3v) is 1.35. The van der Waals surface area contributed by atoms with Gasteiger partial charge in [0.2, 0.25) is 0 Å². The maximum atomic E-state index is 10.6. The van der Waals surface area contributed by atoms with Gasteiger partial charge in [-0.25, -0.2) is 0 Å². The Kier molecular flexibility index (Phi) is 4.20. The topological polar surface area (TPSA) is 97.3 Å². The number of hydrogen-bond donors (Lipinski definition) is 0. The number of carbonyl (C=O) groups is 3. The number of hydrogen-bond acceptors (Lipinski definition) is 5. The summed E-state index contributed by atoms with van der Waals surface area (Å²) in [6.07, 6.45) is -0.229. The molecule has 0 aliphatic heterocycles. The first-order chi connectivity index (χ1) is 5.43. The van der Waals surface area contributed by atoms with Crippen LogP contribution >= 0.6 is 15.9 Å². The first-order valence-electron chi connectivity index (χ1n) is 2.74. The molecule has 0 aromatic carbocycles. The monoisotopic (exact) mass is 234 g/mol. The van der Waals surface area contributed by atoms with Gasteiger partial charge in [-0.2, -0.15) is 0 Å². The summed E-state index contributed by atoms with van der Waals surface area (Å²) in [5, 5.41) is 19.8. The van der Waals surface area contributed by atoms with Gasteiger partial charge in [0.25, 0.3) is 0 Å². The van der Waals surface area contributed by atoms with Crippen molar-refractivity contribution in [3.8, 4) is 0 Å². The summed E-state index contributed by atoms with van der Waals surface area (Å²) in [6.45, 7) is 0. The molecule has 0 fully saturated rings. The number of halogens is 1. The maximum Gasteiger partial charge on any atom is 0.162 e. The molecule has 0 rings (SSSR count). The molecule has 0 spiro atoms. The van der Waals surface area contributed by atoms with Gasteiger partial charge in [-0.05, 0) is 22.0 Å². The Morgan fingerprint density at radius 3 is 2.08 bits per heavy atom. The lowest BCUT2D eigenvalue weighted by Gasteiger charge is -1.99. The van der Waals surface area contributed by atoms with E-state index >= 15 is 0 Å². The van der Waals surface area contributed by atoms with E-state index in [1.165, 1.54) is 0 Å². The quantitative estimate of drug-likeness (QED) is 0.404. The van der Waals surface area contributed by atoms with Crippen molar-refractivity contribution >= 4 is 33.7 Å². The van der Waals surface area contributed by atoms with Crippen LogP contribution in [0.5, 0.6) is 0 Å². The van der Waals surface area contributed by atoms with Gasteiger partial charge in [0.15, 0.2) is 5.78 Å². The molecule has 0 aromatic rings. The van der Waals surface area contributed by atoms with Gasteiger partial charge in [-0.1, -0.05) is 0 Å². The van der Waals surface area contributed by atoms with Gasteiger partial charge in [0.1, 0.15) is 0 Å². The standard InChI is InChI=1S/C6H5BrO5/c7-4(6(11)12)1-3(8)2-5(9)10/h1H,2H2,(H,9,10)(H,11,12)/p-2/b4-1+. The molecule has 6 heteroatoms. The number of carboxylic acids is 2. The Labute approximate surface area is 75.8 Å².